The Morgan fingerprint density at radius 2 is 2.07 bits per heavy atom. The lowest BCUT2D eigenvalue weighted by Gasteiger charge is -2.29. The van der Waals surface area contributed by atoms with Gasteiger partial charge in [0.15, 0.2) is 0 Å². The van der Waals surface area contributed by atoms with Crippen molar-refractivity contribution in [3.8, 4) is 0 Å². The minimum atomic E-state index is -0.103. The smallest absolute Gasteiger partial charge is 0.0960 e. The molecule has 1 aliphatic rings. The number of hydrogen-bond donors (Lipinski definition) is 1. The second-order valence-corrected chi connectivity index (χ2v) is 4.90. The second-order valence-electron chi connectivity index (χ2n) is 4.90. The zero-order valence-corrected chi connectivity index (χ0v) is 9.99. The Labute approximate surface area is 92.1 Å². The van der Waals surface area contributed by atoms with Crippen molar-refractivity contribution in [2.75, 3.05) is 26.4 Å². The molecule has 90 valence electrons. The molecule has 0 amide bonds. The van der Waals surface area contributed by atoms with Crippen molar-refractivity contribution < 1.29 is 14.2 Å². The van der Waals surface area contributed by atoms with Crippen molar-refractivity contribution in [1.82, 2.24) is 0 Å². The van der Waals surface area contributed by atoms with Crippen LogP contribution in [0.3, 0.4) is 0 Å². The Morgan fingerprint density at radius 3 is 2.67 bits per heavy atom. The SMILES string of the molecule is CC(C)(C)OCCOC1COCCC1N. The molecule has 1 aliphatic heterocycles. The highest BCUT2D eigenvalue weighted by atomic mass is 16.6. The fraction of sp³-hybridized carbons (Fsp3) is 1.00. The average molecular weight is 217 g/mol. The van der Waals surface area contributed by atoms with Gasteiger partial charge in [-0.3, -0.25) is 0 Å². The number of rotatable bonds is 4. The van der Waals surface area contributed by atoms with Crippen LogP contribution < -0.4 is 5.73 Å². The van der Waals surface area contributed by atoms with Gasteiger partial charge in [-0.2, -0.15) is 0 Å². The summed E-state index contributed by atoms with van der Waals surface area (Å²) in [5.41, 5.74) is 5.80. The molecule has 1 saturated heterocycles. The van der Waals surface area contributed by atoms with E-state index in [0.717, 1.165) is 13.0 Å². The van der Waals surface area contributed by atoms with Crippen LogP contribution in [0.15, 0.2) is 0 Å². The fourth-order valence-electron chi connectivity index (χ4n) is 1.45. The highest BCUT2D eigenvalue weighted by Crippen LogP contribution is 2.10. The normalized spacial score (nSPS) is 28.0. The molecule has 15 heavy (non-hydrogen) atoms. The van der Waals surface area contributed by atoms with Crippen LogP contribution in [0.1, 0.15) is 27.2 Å². The first-order chi connectivity index (χ1) is 6.99. The minimum absolute atomic E-state index is 0.0299. The quantitative estimate of drug-likeness (QED) is 0.712. The monoisotopic (exact) mass is 217 g/mol. The molecule has 0 spiro atoms. The third-order valence-electron chi connectivity index (χ3n) is 2.31. The topological polar surface area (TPSA) is 53.7 Å². The Bertz CT molecular complexity index is 179. The van der Waals surface area contributed by atoms with Crippen LogP contribution in [0, 0.1) is 0 Å². The first kappa shape index (κ1) is 12.9. The van der Waals surface area contributed by atoms with E-state index in [9.17, 15) is 0 Å². The Kier molecular flexibility index (Phi) is 4.99. The molecule has 1 heterocycles. The van der Waals surface area contributed by atoms with E-state index < -0.39 is 0 Å². The molecule has 4 heteroatoms. The maximum Gasteiger partial charge on any atom is 0.0960 e. The Balaban J connectivity index is 2.08. The van der Waals surface area contributed by atoms with E-state index in [-0.39, 0.29) is 17.7 Å². The molecule has 0 aromatic carbocycles. The molecular weight excluding hydrogens is 194 g/mol. The molecule has 2 atom stereocenters. The van der Waals surface area contributed by atoms with Crippen LogP contribution in [0.5, 0.6) is 0 Å². The highest BCUT2D eigenvalue weighted by Gasteiger charge is 2.22. The van der Waals surface area contributed by atoms with Crippen molar-refractivity contribution in [2.24, 2.45) is 5.73 Å². The van der Waals surface area contributed by atoms with Gasteiger partial charge in [0, 0.05) is 12.6 Å². The molecule has 1 fully saturated rings. The van der Waals surface area contributed by atoms with Crippen LogP contribution in [0.2, 0.25) is 0 Å². The van der Waals surface area contributed by atoms with Gasteiger partial charge in [0.25, 0.3) is 0 Å². The fourth-order valence-corrected chi connectivity index (χ4v) is 1.45. The summed E-state index contributed by atoms with van der Waals surface area (Å²) >= 11 is 0. The summed E-state index contributed by atoms with van der Waals surface area (Å²) in [6.45, 7) is 8.63. The van der Waals surface area contributed by atoms with Gasteiger partial charge in [-0.05, 0) is 27.2 Å². The molecule has 0 bridgehead atoms. The predicted octanol–water partition coefficient (Wildman–Crippen LogP) is 0.934. The lowest BCUT2D eigenvalue weighted by Crippen LogP contribution is -2.45. The van der Waals surface area contributed by atoms with E-state index in [4.69, 9.17) is 19.9 Å². The maximum atomic E-state index is 5.90. The van der Waals surface area contributed by atoms with E-state index in [1.165, 1.54) is 0 Å². The molecule has 1 rings (SSSR count). The average Bonchev–Trinajstić information content (AvgIpc) is 2.13. The zero-order valence-electron chi connectivity index (χ0n) is 9.99. The third kappa shape index (κ3) is 5.47. The lowest BCUT2D eigenvalue weighted by atomic mass is 10.1. The summed E-state index contributed by atoms with van der Waals surface area (Å²) in [5, 5.41) is 0. The third-order valence-corrected chi connectivity index (χ3v) is 2.31. The zero-order chi connectivity index (χ0) is 11.3. The van der Waals surface area contributed by atoms with Crippen LogP contribution in [0.25, 0.3) is 0 Å². The molecule has 0 radical (unpaired) electrons. The predicted molar refractivity (Wildman–Crippen MR) is 58.9 cm³/mol. The number of ether oxygens (including phenoxy) is 3. The van der Waals surface area contributed by atoms with Crippen molar-refractivity contribution in [2.45, 2.75) is 44.9 Å². The van der Waals surface area contributed by atoms with Gasteiger partial charge in [0.2, 0.25) is 0 Å². The first-order valence-corrected chi connectivity index (χ1v) is 5.58. The van der Waals surface area contributed by atoms with Crippen LogP contribution in [-0.2, 0) is 14.2 Å². The van der Waals surface area contributed by atoms with Crippen molar-refractivity contribution in [3.63, 3.8) is 0 Å². The lowest BCUT2D eigenvalue weighted by molar-refractivity contribution is -0.0918. The molecular formula is C11H23NO3. The second kappa shape index (κ2) is 5.80. The summed E-state index contributed by atoms with van der Waals surface area (Å²) in [4.78, 5) is 0. The van der Waals surface area contributed by atoms with E-state index >= 15 is 0 Å². The summed E-state index contributed by atoms with van der Waals surface area (Å²) in [7, 11) is 0. The van der Waals surface area contributed by atoms with Gasteiger partial charge in [-0.1, -0.05) is 0 Å². The molecule has 4 nitrogen and oxygen atoms in total. The summed E-state index contributed by atoms with van der Waals surface area (Å²) in [5.74, 6) is 0. The molecule has 0 aromatic rings. The van der Waals surface area contributed by atoms with Gasteiger partial charge in [0.05, 0.1) is 31.5 Å². The van der Waals surface area contributed by atoms with Crippen molar-refractivity contribution >= 4 is 0 Å². The van der Waals surface area contributed by atoms with Crippen molar-refractivity contribution in [3.05, 3.63) is 0 Å². The van der Waals surface area contributed by atoms with E-state index in [0.29, 0.717) is 19.8 Å². The van der Waals surface area contributed by atoms with Crippen molar-refractivity contribution in [1.29, 1.82) is 0 Å². The minimum Gasteiger partial charge on any atom is -0.379 e. The summed E-state index contributed by atoms with van der Waals surface area (Å²) < 4.78 is 16.5. The van der Waals surface area contributed by atoms with Crippen LogP contribution >= 0.6 is 0 Å². The van der Waals surface area contributed by atoms with E-state index in [1.807, 2.05) is 20.8 Å². The Morgan fingerprint density at radius 1 is 1.33 bits per heavy atom. The Hall–Kier alpha value is -0.160. The summed E-state index contributed by atoms with van der Waals surface area (Å²) in [6, 6.07) is 0.105. The van der Waals surface area contributed by atoms with Crippen LogP contribution in [0.4, 0.5) is 0 Å². The molecule has 2 N–H and O–H groups in total. The largest absolute Gasteiger partial charge is 0.379 e. The van der Waals surface area contributed by atoms with Gasteiger partial charge in [-0.15, -0.1) is 0 Å². The number of hydrogen-bond acceptors (Lipinski definition) is 4. The first-order valence-electron chi connectivity index (χ1n) is 5.58. The maximum absolute atomic E-state index is 5.90. The number of nitrogens with two attached hydrogens (primary N) is 1. The van der Waals surface area contributed by atoms with Gasteiger partial charge < -0.3 is 19.9 Å². The molecule has 0 saturated carbocycles. The van der Waals surface area contributed by atoms with E-state index in [1.54, 1.807) is 0 Å². The van der Waals surface area contributed by atoms with E-state index in [2.05, 4.69) is 0 Å². The summed E-state index contributed by atoms with van der Waals surface area (Å²) in [6.07, 6.45) is 0.910. The van der Waals surface area contributed by atoms with Gasteiger partial charge in [0.1, 0.15) is 0 Å². The standard InChI is InChI=1S/C11H23NO3/c1-11(2,3)15-7-6-14-10-8-13-5-4-9(10)12/h9-10H,4-8,12H2,1-3H3. The molecule has 0 aromatic heterocycles. The molecule has 0 aliphatic carbocycles. The van der Waals surface area contributed by atoms with Crippen LogP contribution in [-0.4, -0.2) is 44.2 Å². The van der Waals surface area contributed by atoms with Gasteiger partial charge >= 0.3 is 0 Å². The van der Waals surface area contributed by atoms with Gasteiger partial charge in [-0.25, -0.2) is 0 Å². The highest BCUT2D eigenvalue weighted by molar-refractivity contribution is 4.76. The molecule has 2 unspecified atom stereocenters.